The monoisotopic (exact) mass is 704 g/mol. The van der Waals surface area contributed by atoms with Crippen LogP contribution in [0.2, 0.25) is 5.02 Å². The molecule has 0 saturated carbocycles. The molecule has 9 nitrogen and oxygen atoms in total. The van der Waals surface area contributed by atoms with Crippen LogP contribution in [0.4, 0.5) is 4.79 Å². The van der Waals surface area contributed by atoms with Crippen LogP contribution < -0.4 is 0 Å². The molecule has 0 atom stereocenters. The molecule has 5 aromatic rings. The second-order valence-electron chi connectivity index (χ2n) is 14.4. The first-order chi connectivity index (χ1) is 22.9. The molecule has 0 unspecified atom stereocenters. The van der Waals surface area contributed by atoms with Crippen molar-refractivity contribution >= 4 is 56.1 Å². The largest absolute Gasteiger partial charge is 0.466 e. The number of nitrogens with zero attached hydrogens (tertiary/aromatic N) is 4. The lowest BCUT2D eigenvalue weighted by Gasteiger charge is -2.39. The number of hydrogen-bond acceptors (Lipinski definition) is 8. The molecule has 1 N–H and O–H groups in total. The average molecular weight is 705 g/mol. The molecule has 3 aromatic carbocycles. The first-order valence-corrected chi connectivity index (χ1v) is 17.6. The number of carbonyl (C=O) groups excluding carboxylic acids is 2. The van der Waals surface area contributed by atoms with E-state index in [1.165, 1.54) is 0 Å². The number of likely N-dealkylation sites (tertiary alicyclic amines) is 1. The van der Waals surface area contributed by atoms with Gasteiger partial charge in [0.05, 0.1) is 40.1 Å². The summed E-state index contributed by atoms with van der Waals surface area (Å²) < 4.78 is 13.8. The van der Waals surface area contributed by atoms with E-state index < -0.39 is 11.2 Å². The van der Waals surface area contributed by atoms with E-state index in [2.05, 4.69) is 24.3 Å². The lowest BCUT2D eigenvalue weighted by Crippen LogP contribution is -2.50. The maximum absolute atomic E-state index is 12.6. The molecule has 11 heteroatoms. The van der Waals surface area contributed by atoms with Crippen LogP contribution in [0.5, 0.6) is 0 Å². The van der Waals surface area contributed by atoms with E-state index in [-0.39, 0.29) is 24.4 Å². The Labute approximate surface area is 296 Å². The quantitative estimate of drug-likeness (QED) is 0.176. The molecule has 49 heavy (non-hydrogen) atoms. The maximum atomic E-state index is 12.6. The Bertz CT molecular complexity index is 1990. The zero-order valence-electron chi connectivity index (χ0n) is 29.7. The number of amides is 1. The number of aryl methyl sites for hydroxylation is 2. The Morgan fingerprint density at radius 1 is 1.02 bits per heavy atom. The highest BCUT2D eigenvalue weighted by molar-refractivity contribution is 7.22. The number of ether oxygens (including phenoxy) is 2. The van der Waals surface area contributed by atoms with Crippen molar-refractivity contribution in [1.29, 1.82) is 0 Å². The third-order valence-corrected chi connectivity index (χ3v) is 9.21. The third-order valence-electron chi connectivity index (χ3n) is 7.82. The minimum absolute atomic E-state index is 0.126. The first kappa shape index (κ1) is 36.3. The van der Waals surface area contributed by atoms with Gasteiger partial charge in [0.1, 0.15) is 10.6 Å². The van der Waals surface area contributed by atoms with Gasteiger partial charge in [0.15, 0.2) is 0 Å². The number of halogens is 1. The van der Waals surface area contributed by atoms with E-state index >= 15 is 0 Å². The molecular formula is C38H45ClN4O5S. The molecule has 0 aliphatic carbocycles. The molecule has 1 aliphatic heterocycles. The number of esters is 1. The first-order valence-electron chi connectivity index (χ1n) is 16.4. The number of rotatable bonds is 6. The summed E-state index contributed by atoms with van der Waals surface area (Å²) in [5.41, 5.74) is 6.69. The van der Waals surface area contributed by atoms with Crippen LogP contribution in [0.3, 0.4) is 0 Å². The van der Waals surface area contributed by atoms with Gasteiger partial charge in [-0.3, -0.25) is 9.48 Å². The van der Waals surface area contributed by atoms with Crippen LogP contribution in [0.25, 0.3) is 42.8 Å². The Kier molecular flexibility index (Phi) is 10.4. The number of benzene rings is 3. The number of thiazole rings is 1. The van der Waals surface area contributed by atoms with Gasteiger partial charge >= 0.3 is 12.1 Å². The summed E-state index contributed by atoms with van der Waals surface area (Å²) in [6.07, 6.45) is -0.119. The van der Waals surface area contributed by atoms with E-state index in [1.807, 2.05) is 70.6 Å². The molecule has 3 heterocycles. The average Bonchev–Trinajstić information content (AvgIpc) is 3.52. The lowest BCUT2D eigenvalue weighted by molar-refractivity contribution is -0.142. The van der Waals surface area contributed by atoms with Crippen LogP contribution in [-0.4, -0.2) is 67.7 Å². The van der Waals surface area contributed by atoms with Gasteiger partial charge in [0, 0.05) is 47.6 Å². The summed E-state index contributed by atoms with van der Waals surface area (Å²) in [5.74, 6) is -0.132. The molecule has 0 spiro atoms. The van der Waals surface area contributed by atoms with Crippen LogP contribution in [0.1, 0.15) is 71.2 Å². The van der Waals surface area contributed by atoms with Gasteiger partial charge in [-0.15, -0.1) is 11.3 Å². The van der Waals surface area contributed by atoms with Crippen molar-refractivity contribution in [2.45, 2.75) is 78.9 Å². The summed E-state index contributed by atoms with van der Waals surface area (Å²) in [7, 11) is 1.94. The minimum atomic E-state index is -0.530. The topological polar surface area (TPSA) is 107 Å². The van der Waals surface area contributed by atoms with E-state index in [4.69, 9.17) is 36.3 Å². The highest BCUT2D eigenvalue weighted by Crippen LogP contribution is 2.42. The van der Waals surface area contributed by atoms with Crippen LogP contribution in [0, 0.1) is 6.92 Å². The number of fused-ring (bicyclic) bond motifs is 2. The number of carbonyl (C=O) groups is 2. The predicted molar refractivity (Wildman–Crippen MR) is 197 cm³/mol. The molecule has 6 rings (SSSR count). The van der Waals surface area contributed by atoms with E-state index in [9.17, 15) is 9.59 Å². The van der Waals surface area contributed by atoms with Gasteiger partial charge in [-0.1, -0.05) is 23.7 Å². The van der Waals surface area contributed by atoms with E-state index in [0.29, 0.717) is 24.7 Å². The second kappa shape index (κ2) is 14.1. The Morgan fingerprint density at radius 3 is 2.27 bits per heavy atom. The third kappa shape index (κ3) is 8.60. The molecular weight excluding hydrogens is 660 g/mol. The summed E-state index contributed by atoms with van der Waals surface area (Å²) in [6, 6.07) is 16.1. The van der Waals surface area contributed by atoms with E-state index in [1.54, 1.807) is 37.0 Å². The zero-order valence-corrected chi connectivity index (χ0v) is 31.3. The normalized spacial score (nSPS) is 13.7. The van der Waals surface area contributed by atoms with Crippen LogP contribution in [-0.2, 0) is 27.7 Å². The van der Waals surface area contributed by atoms with Crippen molar-refractivity contribution in [3.05, 3.63) is 70.4 Å². The summed E-state index contributed by atoms with van der Waals surface area (Å²) in [6.45, 7) is 16.2. The summed E-state index contributed by atoms with van der Waals surface area (Å²) in [5, 5.41) is 15.9. The number of hydrogen-bond donors (Lipinski definition) is 1. The Balaban J connectivity index is 0.000000874. The highest BCUT2D eigenvalue weighted by atomic mass is 35.5. The number of aromatic nitrogens is 3. The van der Waals surface area contributed by atoms with Gasteiger partial charge in [-0.2, -0.15) is 5.10 Å². The second-order valence-corrected chi connectivity index (χ2v) is 15.8. The summed E-state index contributed by atoms with van der Waals surface area (Å²) in [4.78, 5) is 32.0. The standard InChI is InChI=1S/C34H35ClN4O4S.C4H10O/c1-7-42-28(40)16-24-19(2)14-26-31(29(24)20-8-11-23(35)12-9-20)44-32(36-26)21-10-13-27-25(15-21)30(37-38(27)6)22-17-39(18-22)33(41)43-34(3,4)5;1-4(2,3)5/h8-15,22H,7,16-18H2,1-6H3;5H,1-3H3. The van der Waals surface area contributed by atoms with Crippen molar-refractivity contribution in [2.24, 2.45) is 7.05 Å². The van der Waals surface area contributed by atoms with Crippen molar-refractivity contribution in [2.75, 3.05) is 19.7 Å². The molecule has 260 valence electrons. The molecule has 0 radical (unpaired) electrons. The fourth-order valence-corrected chi connectivity index (χ4v) is 6.98. The van der Waals surface area contributed by atoms with Crippen molar-refractivity contribution in [1.82, 2.24) is 19.7 Å². The Hall–Kier alpha value is -3.99. The van der Waals surface area contributed by atoms with Gasteiger partial charge < -0.3 is 19.5 Å². The van der Waals surface area contributed by atoms with Crippen molar-refractivity contribution in [3.8, 4) is 21.7 Å². The minimum Gasteiger partial charge on any atom is -0.466 e. The van der Waals surface area contributed by atoms with Gasteiger partial charge in [-0.25, -0.2) is 9.78 Å². The Morgan fingerprint density at radius 2 is 1.65 bits per heavy atom. The van der Waals surface area contributed by atoms with Gasteiger partial charge in [0.2, 0.25) is 0 Å². The van der Waals surface area contributed by atoms with Crippen LogP contribution >= 0.6 is 22.9 Å². The molecule has 1 amide bonds. The fraction of sp³-hybridized carbons (Fsp3) is 0.421. The van der Waals surface area contributed by atoms with Crippen LogP contribution in [0.15, 0.2) is 48.5 Å². The van der Waals surface area contributed by atoms with Crippen molar-refractivity contribution in [3.63, 3.8) is 0 Å². The lowest BCUT2D eigenvalue weighted by atomic mass is 9.93. The van der Waals surface area contributed by atoms with E-state index in [0.717, 1.165) is 59.6 Å². The molecule has 1 fully saturated rings. The molecule has 1 saturated heterocycles. The molecule has 1 aliphatic rings. The SMILES string of the molecule is CC(C)(C)O.CCOC(=O)Cc1c(C)cc2nc(-c3ccc4c(c3)c(C3CN(C(=O)OC(C)(C)C)C3)nn4C)sc2c1-c1ccc(Cl)cc1. The zero-order chi connectivity index (χ0) is 35.8. The maximum Gasteiger partial charge on any atom is 0.410 e. The number of aliphatic hydroxyl groups is 1. The predicted octanol–water partition coefficient (Wildman–Crippen LogP) is 8.70. The molecule has 0 bridgehead atoms. The fourth-order valence-electron chi connectivity index (χ4n) is 5.72. The summed E-state index contributed by atoms with van der Waals surface area (Å²) >= 11 is 7.84. The van der Waals surface area contributed by atoms with Gasteiger partial charge in [-0.05, 0) is 108 Å². The van der Waals surface area contributed by atoms with Gasteiger partial charge in [0.25, 0.3) is 0 Å². The smallest absolute Gasteiger partial charge is 0.410 e. The van der Waals surface area contributed by atoms with Crippen molar-refractivity contribution < 1.29 is 24.2 Å². The molecule has 2 aromatic heterocycles. The highest BCUT2D eigenvalue weighted by Gasteiger charge is 2.37.